The van der Waals surface area contributed by atoms with Crippen LogP contribution in [0.15, 0.2) is 90.1 Å². The first-order valence-corrected chi connectivity index (χ1v) is 10.2. The molecule has 0 spiro atoms. The van der Waals surface area contributed by atoms with Crippen LogP contribution in [-0.4, -0.2) is 21.0 Å². The summed E-state index contributed by atoms with van der Waals surface area (Å²) in [6.45, 7) is 2.09. The molecule has 3 aromatic carbocycles. The molecule has 5 heteroatoms. The smallest absolute Gasteiger partial charge is 0.210 e. The van der Waals surface area contributed by atoms with Crippen LogP contribution in [0.3, 0.4) is 0 Å². The summed E-state index contributed by atoms with van der Waals surface area (Å²) in [4.78, 5) is 9.30. The average molecular weight is 395 g/mol. The number of rotatable bonds is 4. The zero-order valence-corrected chi connectivity index (χ0v) is 16.7. The number of aryl methyl sites for hydroxylation is 1. The zero-order valence-electron chi connectivity index (χ0n) is 15.9. The van der Waals surface area contributed by atoms with Crippen LogP contribution in [0.1, 0.15) is 11.1 Å². The van der Waals surface area contributed by atoms with Gasteiger partial charge >= 0.3 is 0 Å². The molecule has 0 amide bonds. The van der Waals surface area contributed by atoms with E-state index in [2.05, 4.69) is 41.2 Å². The van der Waals surface area contributed by atoms with Gasteiger partial charge in [-0.1, -0.05) is 65.9 Å². The quantitative estimate of drug-likeness (QED) is 0.340. The number of para-hydroxylation sites is 1. The molecule has 0 N–H and O–H groups in total. The Morgan fingerprint density at radius 1 is 0.931 bits per heavy atom. The Bertz CT molecular complexity index is 1300. The molecule has 0 saturated heterocycles. The topological polar surface area (TPSA) is 43.1 Å². The second-order valence-corrected chi connectivity index (χ2v) is 7.81. The van der Waals surface area contributed by atoms with Crippen molar-refractivity contribution in [3.05, 3.63) is 96.2 Å². The van der Waals surface area contributed by atoms with E-state index in [0.717, 1.165) is 37.9 Å². The fourth-order valence-electron chi connectivity index (χ4n) is 3.21. The van der Waals surface area contributed by atoms with E-state index in [4.69, 9.17) is 5.10 Å². The standard InChI is InChI=1S/C24H18N4S/c1-17-12-13-21-22(14-17)29-24(26-21)25-15-19-16-28(20-10-6-3-7-11-20)27-23(19)18-8-4-2-5-9-18/h2-16H,1H3/b25-15+. The second kappa shape index (κ2) is 7.45. The maximum atomic E-state index is 4.83. The predicted octanol–water partition coefficient (Wildman–Crippen LogP) is 6.21. The molecule has 140 valence electrons. The van der Waals surface area contributed by atoms with Crippen LogP contribution in [-0.2, 0) is 0 Å². The van der Waals surface area contributed by atoms with Crippen molar-refractivity contribution in [3.63, 3.8) is 0 Å². The van der Waals surface area contributed by atoms with Gasteiger partial charge in [-0.15, -0.1) is 0 Å². The fourth-order valence-corrected chi connectivity index (χ4v) is 4.12. The Morgan fingerprint density at radius 3 is 2.48 bits per heavy atom. The zero-order chi connectivity index (χ0) is 19.6. The second-order valence-electron chi connectivity index (χ2n) is 6.81. The third-order valence-corrected chi connectivity index (χ3v) is 5.58. The first-order valence-electron chi connectivity index (χ1n) is 9.38. The molecule has 5 rings (SSSR count). The summed E-state index contributed by atoms with van der Waals surface area (Å²) in [5.41, 5.74) is 6.14. The van der Waals surface area contributed by atoms with Gasteiger partial charge in [-0.3, -0.25) is 0 Å². The summed E-state index contributed by atoms with van der Waals surface area (Å²) in [6.07, 6.45) is 3.87. The Labute approximate surface area is 172 Å². The van der Waals surface area contributed by atoms with Gasteiger partial charge in [0.2, 0.25) is 5.13 Å². The number of benzene rings is 3. The Morgan fingerprint density at radius 2 is 1.69 bits per heavy atom. The van der Waals surface area contributed by atoms with Crippen molar-refractivity contribution in [2.75, 3.05) is 0 Å². The lowest BCUT2D eigenvalue weighted by Crippen LogP contribution is -1.93. The maximum absolute atomic E-state index is 4.83. The molecule has 0 radical (unpaired) electrons. The van der Waals surface area contributed by atoms with E-state index in [1.165, 1.54) is 5.56 Å². The third kappa shape index (κ3) is 3.60. The monoisotopic (exact) mass is 394 g/mol. The van der Waals surface area contributed by atoms with Crippen molar-refractivity contribution in [2.45, 2.75) is 6.92 Å². The van der Waals surface area contributed by atoms with Gasteiger partial charge < -0.3 is 0 Å². The highest BCUT2D eigenvalue weighted by molar-refractivity contribution is 7.22. The minimum atomic E-state index is 0.747. The lowest BCUT2D eigenvalue weighted by atomic mass is 10.1. The number of hydrogen-bond acceptors (Lipinski definition) is 4. The van der Waals surface area contributed by atoms with Crippen LogP contribution in [0.2, 0.25) is 0 Å². The molecule has 0 saturated carbocycles. The van der Waals surface area contributed by atoms with Crippen molar-refractivity contribution in [2.24, 2.45) is 4.99 Å². The van der Waals surface area contributed by atoms with E-state index in [1.807, 2.05) is 71.7 Å². The number of fused-ring (bicyclic) bond motifs is 1. The fraction of sp³-hybridized carbons (Fsp3) is 0.0417. The molecule has 0 aliphatic rings. The number of nitrogens with zero attached hydrogens (tertiary/aromatic N) is 4. The van der Waals surface area contributed by atoms with E-state index >= 15 is 0 Å². The maximum Gasteiger partial charge on any atom is 0.210 e. The molecule has 0 aliphatic carbocycles. The Balaban J connectivity index is 1.57. The first-order chi connectivity index (χ1) is 14.3. The summed E-state index contributed by atoms with van der Waals surface area (Å²) in [7, 11) is 0. The van der Waals surface area contributed by atoms with Gasteiger partial charge in [0.05, 0.1) is 15.9 Å². The van der Waals surface area contributed by atoms with Crippen LogP contribution >= 0.6 is 11.3 Å². The van der Waals surface area contributed by atoms with Crippen molar-refractivity contribution in [1.29, 1.82) is 0 Å². The lowest BCUT2D eigenvalue weighted by Gasteiger charge is -2.00. The van der Waals surface area contributed by atoms with Gasteiger partial charge in [0.1, 0.15) is 5.69 Å². The van der Waals surface area contributed by atoms with E-state index in [-0.39, 0.29) is 0 Å². The molecular weight excluding hydrogens is 376 g/mol. The highest BCUT2D eigenvalue weighted by Gasteiger charge is 2.11. The minimum Gasteiger partial charge on any atom is -0.240 e. The molecule has 29 heavy (non-hydrogen) atoms. The number of aromatic nitrogens is 3. The lowest BCUT2D eigenvalue weighted by molar-refractivity contribution is 0.884. The summed E-state index contributed by atoms with van der Waals surface area (Å²) in [5.74, 6) is 0. The number of thiazole rings is 1. The van der Waals surface area contributed by atoms with Crippen LogP contribution in [0, 0.1) is 6.92 Å². The Hall–Kier alpha value is -3.57. The largest absolute Gasteiger partial charge is 0.240 e. The molecule has 0 atom stereocenters. The van der Waals surface area contributed by atoms with Gasteiger partial charge in [-0.2, -0.15) is 5.10 Å². The van der Waals surface area contributed by atoms with Gasteiger partial charge in [0.25, 0.3) is 0 Å². The summed E-state index contributed by atoms with van der Waals surface area (Å²) in [6, 6.07) is 26.6. The Kier molecular flexibility index (Phi) is 4.50. The number of aliphatic imine (C=N–C) groups is 1. The summed E-state index contributed by atoms with van der Waals surface area (Å²) < 4.78 is 3.05. The van der Waals surface area contributed by atoms with Crippen LogP contribution in [0.5, 0.6) is 0 Å². The van der Waals surface area contributed by atoms with E-state index in [9.17, 15) is 0 Å². The van der Waals surface area contributed by atoms with Gasteiger partial charge in [-0.05, 0) is 36.8 Å². The van der Waals surface area contributed by atoms with Crippen molar-refractivity contribution < 1.29 is 0 Å². The molecule has 0 aliphatic heterocycles. The molecule has 0 unspecified atom stereocenters. The highest BCUT2D eigenvalue weighted by atomic mass is 32.1. The SMILES string of the molecule is Cc1ccc2nc(/N=C/c3cn(-c4ccccc4)nc3-c3ccccc3)sc2c1. The molecule has 4 nitrogen and oxygen atoms in total. The average Bonchev–Trinajstić information content (AvgIpc) is 3.37. The van der Waals surface area contributed by atoms with Gasteiger partial charge in [-0.25, -0.2) is 14.7 Å². The van der Waals surface area contributed by atoms with E-state index in [1.54, 1.807) is 11.3 Å². The van der Waals surface area contributed by atoms with Crippen LogP contribution in [0.25, 0.3) is 27.2 Å². The van der Waals surface area contributed by atoms with Crippen LogP contribution in [0.4, 0.5) is 5.13 Å². The summed E-state index contributed by atoms with van der Waals surface area (Å²) in [5, 5.41) is 5.57. The van der Waals surface area contributed by atoms with E-state index in [0.29, 0.717) is 0 Å². The van der Waals surface area contributed by atoms with Gasteiger partial charge in [0, 0.05) is 23.5 Å². The van der Waals surface area contributed by atoms with Crippen molar-refractivity contribution in [1.82, 2.24) is 14.8 Å². The normalized spacial score (nSPS) is 11.5. The highest BCUT2D eigenvalue weighted by Crippen LogP contribution is 2.29. The van der Waals surface area contributed by atoms with Gasteiger partial charge in [0.15, 0.2) is 0 Å². The molecular formula is C24H18N4S. The summed E-state index contributed by atoms with van der Waals surface area (Å²) >= 11 is 1.60. The molecule has 0 fully saturated rings. The molecule has 5 aromatic rings. The molecule has 2 heterocycles. The third-order valence-electron chi connectivity index (χ3n) is 4.66. The first kappa shape index (κ1) is 17.5. The van der Waals surface area contributed by atoms with Crippen molar-refractivity contribution in [3.8, 4) is 16.9 Å². The van der Waals surface area contributed by atoms with Crippen LogP contribution < -0.4 is 0 Å². The molecule has 2 aromatic heterocycles. The van der Waals surface area contributed by atoms with Crippen molar-refractivity contribution >= 4 is 32.9 Å². The predicted molar refractivity (Wildman–Crippen MR) is 121 cm³/mol. The minimum absolute atomic E-state index is 0.747. The molecule has 0 bridgehead atoms. The van der Waals surface area contributed by atoms with E-state index < -0.39 is 0 Å². The number of hydrogen-bond donors (Lipinski definition) is 0.